The van der Waals surface area contributed by atoms with E-state index in [1.54, 1.807) is 12.1 Å². The fourth-order valence-electron chi connectivity index (χ4n) is 1.13. The lowest BCUT2D eigenvalue weighted by Gasteiger charge is -2.08. The molecule has 1 aromatic rings. The summed E-state index contributed by atoms with van der Waals surface area (Å²) in [6, 6.07) is 5.28. The van der Waals surface area contributed by atoms with Gasteiger partial charge in [0, 0.05) is 5.02 Å². The molecule has 0 aliphatic carbocycles. The van der Waals surface area contributed by atoms with Gasteiger partial charge in [-0.15, -0.1) is 11.6 Å². The first-order chi connectivity index (χ1) is 6.50. The first kappa shape index (κ1) is 11.3. The van der Waals surface area contributed by atoms with Crippen LogP contribution in [0.25, 0.3) is 0 Å². The summed E-state index contributed by atoms with van der Waals surface area (Å²) in [6.45, 7) is 1.86. The normalized spacial score (nSPS) is 12.5. The monoisotopic (exact) mass is 232 g/mol. The molecule has 4 heteroatoms. The number of aryl methyl sites for hydroxylation is 1. The highest BCUT2D eigenvalue weighted by atomic mass is 35.5. The Balaban J connectivity index is 2.85. The number of hydrogen-bond acceptors (Lipinski definition) is 1. The van der Waals surface area contributed by atoms with E-state index in [-0.39, 0.29) is 6.42 Å². The molecule has 14 heavy (non-hydrogen) atoms. The van der Waals surface area contributed by atoms with Gasteiger partial charge in [-0.05, 0) is 24.1 Å². The molecule has 2 nitrogen and oxygen atoms in total. The summed E-state index contributed by atoms with van der Waals surface area (Å²) in [4.78, 5) is 10.4. The summed E-state index contributed by atoms with van der Waals surface area (Å²) >= 11 is 11.7. The van der Waals surface area contributed by atoms with E-state index >= 15 is 0 Å². The van der Waals surface area contributed by atoms with Gasteiger partial charge in [0.15, 0.2) is 0 Å². The first-order valence-corrected chi connectivity index (χ1v) is 4.94. The Morgan fingerprint density at radius 1 is 1.57 bits per heavy atom. The van der Waals surface area contributed by atoms with Crippen molar-refractivity contribution in [3.8, 4) is 0 Å². The van der Waals surface area contributed by atoms with Gasteiger partial charge in [-0.2, -0.15) is 0 Å². The largest absolute Gasteiger partial charge is 0.481 e. The number of carbonyl (C=O) groups is 1. The lowest BCUT2D eigenvalue weighted by atomic mass is 10.1. The highest BCUT2D eigenvalue weighted by Gasteiger charge is 2.12. The van der Waals surface area contributed by atoms with Gasteiger partial charge in [0.05, 0.1) is 11.8 Å². The minimum Gasteiger partial charge on any atom is -0.481 e. The van der Waals surface area contributed by atoms with Gasteiger partial charge < -0.3 is 5.11 Å². The fraction of sp³-hybridized carbons (Fsp3) is 0.300. The van der Waals surface area contributed by atoms with E-state index in [0.29, 0.717) is 5.02 Å². The van der Waals surface area contributed by atoms with Gasteiger partial charge >= 0.3 is 5.97 Å². The maximum atomic E-state index is 10.4. The molecule has 1 aromatic carbocycles. The summed E-state index contributed by atoms with van der Waals surface area (Å²) in [5, 5.41) is 8.72. The molecule has 76 valence electrons. The highest BCUT2D eigenvalue weighted by molar-refractivity contribution is 6.31. The number of aliphatic carboxylic acids is 1. The molecule has 1 unspecified atom stereocenters. The van der Waals surface area contributed by atoms with Crippen LogP contribution in [0.5, 0.6) is 0 Å². The molecule has 0 amide bonds. The number of carboxylic acid groups (broad SMARTS) is 1. The van der Waals surface area contributed by atoms with Crippen LogP contribution in [-0.2, 0) is 4.79 Å². The van der Waals surface area contributed by atoms with Crippen molar-refractivity contribution < 1.29 is 9.90 Å². The van der Waals surface area contributed by atoms with Gasteiger partial charge in [-0.1, -0.05) is 23.7 Å². The van der Waals surface area contributed by atoms with Crippen LogP contribution in [0.3, 0.4) is 0 Å². The van der Waals surface area contributed by atoms with Gasteiger partial charge in [-0.3, -0.25) is 4.79 Å². The average Bonchev–Trinajstić information content (AvgIpc) is 2.08. The molecular weight excluding hydrogens is 223 g/mol. The second-order valence-electron chi connectivity index (χ2n) is 3.07. The molecule has 1 N–H and O–H groups in total. The summed E-state index contributed by atoms with van der Waals surface area (Å²) in [6.07, 6.45) is -0.0807. The Labute approximate surface area is 92.5 Å². The number of rotatable bonds is 3. The van der Waals surface area contributed by atoms with Gasteiger partial charge in [-0.25, -0.2) is 0 Å². The predicted octanol–water partition coefficient (Wildman–Crippen LogP) is 3.40. The number of alkyl halides is 1. The van der Waals surface area contributed by atoms with E-state index in [1.807, 2.05) is 13.0 Å². The molecule has 0 saturated carbocycles. The molecule has 0 radical (unpaired) electrons. The fourth-order valence-corrected chi connectivity index (χ4v) is 1.52. The van der Waals surface area contributed by atoms with Crippen LogP contribution in [0.1, 0.15) is 22.9 Å². The first-order valence-electron chi connectivity index (χ1n) is 4.12. The van der Waals surface area contributed by atoms with Gasteiger partial charge in [0.1, 0.15) is 0 Å². The summed E-state index contributed by atoms with van der Waals surface area (Å²) in [5.74, 6) is -0.905. The molecule has 0 fully saturated rings. The maximum Gasteiger partial charge on any atom is 0.305 e. The Bertz CT molecular complexity index is 350. The quantitative estimate of drug-likeness (QED) is 0.812. The molecule has 0 aromatic heterocycles. The Hall–Kier alpha value is -0.730. The summed E-state index contributed by atoms with van der Waals surface area (Å²) in [5.41, 5.74) is 1.69. The van der Waals surface area contributed by atoms with Crippen LogP contribution in [0.2, 0.25) is 5.02 Å². The third-order valence-corrected chi connectivity index (χ3v) is 2.73. The third kappa shape index (κ3) is 2.89. The molecule has 0 aliphatic heterocycles. The predicted molar refractivity (Wildman–Crippen MR) is 57.0 cm³/mol. The topological polar surface area (TPSA) is 37.3 Å². The van der Waals surface area contributed by atoms with Crippen molar-refractivity contribution in [2.24, 2.45) is 0 Å². The SMILES string of the molecule is Cc1cc(C(Cl)CC(=O)O)ccc1Cl. The Morgan fingerprint density at radius 3 is 2.71 bits per heavy atom. The maximum absolute atomic E-state index is 10.4. The van der Waals surface area contributed by atoms with Gasteiger partial charge in [0.2, 0.25) is 0 Å². The molecular formula is C10H10Cl2O2. The van der Waals surface area contributed by atoms with Crippen LogP contribution in [0.15, 0.2) is 18.2 Å². The van der Waals surface area contributed by atoms with E-state index in [9.17, 15) is 4.79 Å². The average molecular weight is 233 g/mol. The zero-order valence-corrected chi connectivity index (χ0v) is 9.14. The molecule has 0 heterocycles. The van der Waals surface area contributed by atoms with Crippen molar-refractivity contribution in [1.29, 1.82) is 0 Å². The van der Waals surface area contributed by atoms with Crippen molar-refractivity contribution in [3.05, 3.63) is 34.3 Å². The van der Waals surface area contributed by atoms with Crippen molar-refractivity contribution in [3.63, 3.8) is 0 Å². The summed E-state index contributed by atoms with van der Waals surface area (Å²) < 4.78 is 0. The molecule has 1 atom stereocenters. The number of benzene rings is 1. The number of hydrogen-bond donors (Lipinski definition) is 1. The minimum absolute atomic E-state index is 0.0807. The van der Waals surface area contributed by atoms with Crippen molar-refractivity contribution >= 4 is 29.2 Å². The van der Waals surface area contributed by atoms with E-state index in [2.05, 4.69) is 0 Å². The Morgan fingerprint density at radius 2 is 2.21 bits per heavy atom. The smallest absolute Gasteiger partial charge is 0.305 e. The van der Waals surface area contributed by atoms with Crippen LogP contribution >= 0.6 is 23.2 Å². The van der Waals surface area contributed by atoms with Gasteiger partial charge in [0.25, 0.3) is 0 Å². The Kier molecular flexibility index (Phi) is 3.78. The summed E-state index contributed by atoms with van der Waals surface area (Å²) in [7, 11) is 0. The zero-order valence-electron chi connectivity index (χ0n) is 7.63. The van der Waals surface area contributed by atoms with Crippen molar-refractivity contribution in [2.45, 2.75) is 18.7 Å². The zero-order chi connectivity index (χ0) is 10.7. The molecule has 0 spiro atoms. The second-order valence-corrected chi connectivity index (χ2v) is 4.01. The number of carboxylic acids is 1. The van der Waals surface area contributed by atoms with E-state index in [1.165, 1.54) is 0 Å². The van der Waals surface area contributed by atoms with Crippen LogP contribution in [0.4, 0.5) is 0 Å². The second kappa shape index (κ2) is 4.67. The molecule has 0 aliphatic rings. The van der Waals surface area contributed by atoms with Crippen LogP contribution < -0.4 is 0 Å². The standard InChI is InChI=1S/C10H10Cl2O2/c1-6-4-7(2-3-8(6)11)9(12)5-10(13)14/h2-4,9H,5H2,1H3,(H,13,14). The van der Waals surface area contributed by atoms with E-state index in [0.717, 1.165) is 11.1 Å². The van der Waals surface area contributed by atoms with Crippen LogP contribution in [-0.4, -0.2) is 11.1 Å². The minimum atomic E-state index is -0.905. The van der Waals surface area contributed by atoms with Crippen LogP contribution in [0, 0.1) is 6.92 Å². The lowest BCUT2D eigenvalue weighted by molar-refractivity contribution is -0.137. The molecule has 0 saturated heterocycles. The van der Waals surface area contributed by atoms with Crippen molar-refractivity contribution in [1.82, 2.24) is 0 Å². The molecule has 1 rings (SSSR count). The molecule has 0 bridgehead atoms. The van der Waals surface area contributed by atoms with E-state index < -0.39 is 11.3 Å². The lowest BCUT2D eigenvalue weighted by Crippen LogP contribution is -2.01. The van der Waals surface area contributed by atoms with E-state index in [4.69, 9.17) is 28.3 Å². The highest BCUT2D eigenvalue weighted by Crippen LogP contribution is 2.27. The number of halogens is 2. The van der Waals surface area contributed by atoms with Crippen molar-refractivity contribution in [2.75, 3.05) is 0 Å². The third-order valence-electron chi connectivity index (χ3n) is 1.90.